The Morgan fingerprint density at radius 3 is 2.13 bits per heavy atom. The zero-order valence-electron chi connectivity index (χ0n) is 26.0. The normalized spacial score (nSPS) is 16.3. The van der Waals surface area contributed by atoms with Crippen molar-refractivity contribution in [1.29, 1.82) is 0 Å². The average Bonchev–Trinajstić information content (AvgIpc) is 3.08. The molecular weight excluding hydrogens is 611 g/mol. The van der Waals surface area contributed by atoms with Gasteiger partial charge in [0.25, 0.3) is 0 Å². The molecule has 5 aromatic rings. The van der Waals surface area contributed by atoms with E-state index in [4.69, 9.17) is 33.2 Å². The van der Waals surface area contributed by atoms with Gasteiger partial charge < -0.3 is 10.6 Å². The molecule has 8 heteroatoms. The van der Waals surface area contributed by atoms with Crippen LogP contribution in [0.25, 0.3) is 16.5 Å². The first-order chi connectivity index (χ1) is 22.5. The van der Waals surface area contributed by atoms with Crippen molar-refractivity contribution in [3.05, 3.63) is 141 Å². The average molecular weight is 650 g/mol. The van der Waals surface area contributed by atoms with Crippen LogP contribution in [0.5, 0.6) is 0 Å². The Morgan fingerprint density at radius 2 is 1.43 bits per heavy atom. The van der Waals surface area contributed by atoms with Crippen molar-refractivity contribution in [1.82, 2.24) is 25.1 Å². The van der Waals surface area contributed by atoms with Crippen LogP contribution in [0.2, 0.25) is 10.0 Å². The summed E-state index contributed by atoms with van der Waals surface area (Å²) in [6, 6.07) is 33.5. The molecular formula is C38H38Cl2N6. The fraction of sp³-hybridized carbons (Fsp3) is 0.263. The van der Waals surface area contributed by atoms with Gasteiger partial charge in [0.15, 0.2) is 0 Å². The Hall–Kier alpha value is -3.78. The summed E-state index contributed by atoms with van der Waals surface area (Å²) in [5.41, 5.74) is 8.54. The van der Waals surface area contributed by atoms with Crippen molar-refractivity contribution in [2.24, 2.45) is 0 Å². The fourth-order valence-corrected chi connectivity index (χ4v) is 6.98. The molecule has 0 bridgehead atoms. The van der Waals surface area contributed by atoms with Crippen LogP contribution in [-0.4, -0.2) is 59.0 Å². The summed E-state index contributed by atoms with van der Waals surface area (Å²) >= 11 is 12.5. The number of hydrogen-bond donors (Lipinski definition) is 2. The maximum Gasteiger partial charge on any atom is 0.145 e. The van der Waals surface area contributed by atoms with Gasteiger partial charge >= 0.3 is 0 Å². The first-order valence-electron chi connectivity index (χ1n) is 16.0. The molecule has 0 unspecified atom stereocenters. The molecule has 1 saturated heterocycles. The number of piperazine rings is 1. The number of hydrogen-bond acceptors (Lipinski definition) is 6. The van der Waals surface area contributed by atoms with Crippen LogP contribution in [0, 0.1) is 6.92 Å². The predicted octanol–water partition coefficient (Wildman–Crippen LogP) is 7.97. The molecule has 0 radical (unpaired) electrons. The first-order valence-corrected chi connectivity index (χ1v) is 16.8. The van der Waals surface area contributed by atoms with Gasteiger partial charge in [-0.3, -0.25) is 9.80 Å². The summed E-state index contributed by atoms with van der Waals surface area (Å²) < 4.78 is 0. The lowest BCUT2D eigenvalue weighted by molar-refractivity contribution is 0.103. The zero-order valence-corrected chi connectivity index (χ0v) is 27.5. The van der Waals surface area contributed by atoms with Crippen LogP contribution in [0.4, 0.5) is 5.82 Å². The van der Waals surface area contributed by atoms with Crippen molar-refractivity contribution < 1.29 is 0 Å². The van der Waals surface area contributed by atoms with Gasteiger partial charge in [-0.1, -0.05) is 83.9 Å². The van der Waals surface area contributed by atoms with Crippen LogP contribution in [0.15, 0.2) is 103 Å². The van der Waals surface area contributed by atoms with Crippen molar-refractivity contribution in [2.75, 3.05) is 44.6 Å². The molecule has 46 heavy (non-hydrogen) atoms. The van der Waals surface area contributed by atoms with Gasteiger partial charge in [0.2, 0.25) is 0 Å². The van der Waals surface area contributed by atoms with Gasteiger partial charge in [-0.25, -0.2) is 9.97 Å². The Labute approximate surface area is 281 Å². The van der Waals surface area contributed by atoms with Crippen LogP contribution >= 0.6 is 23.2 Å². The lowest BCUT2D eigenvalue weighted by Crippen LogP contribution is -2.47. The van der Waals surface area contributed by atoms with Gasteiger partial charge in [-0.15, -0.1) is 0 Å². The van der Waals surface area contributed by atoms with Gasteiger partial charge in [-0.2, -0.15) is 0 Å². The Bertz CT molecular complexity index is 1800. The molecule has 4 aromatic carbocycles. The van der Waals surface area contributed by atoms with Crippen molar-refractivity contribution in [2.45, 2.75) is 25.9 Å². The molecule has 2 aliphatic heterocycles. The molecule has 0 aliphatic carbocycles. The highest BCUT2D eigenvalue weighted by molar-refractivity contribution is 6.30. The Balaban J connectivity index is 1.12. The third kappa shape index (κ3) is 6.82. The molecule has 7 rings (SSSR count). The number of anilines is 1. The second kappa shape index (κ2) is 13.9. The lowest BCUT2D eigenvalue weighted by atomic mass is 9.94. The number of fused-ring (bicyclic) bond motifs is 1. The molecule has 1 fully saturated rings. The smallest absolute Gasteiger partial charge is 0.145 e. The molecule has 1 aromatic heterocycles. The van der Waals surface area contributed by atoms with Crippen molar-refractivity contribution in [3.63, 3.8) is 0 Å². The van der Waals surface area contributed by atoms with E-state index in [1.807, 2.05) is 24.3 Å². The maximum atomic E-state index is 6.25. The van der Waals surface area contributed by atoms with Crippen molar-refractivity contribution >= 4 is 45.5 Å². The fourth-order valence-electron chi connectivity index (χ4n) is 6.73. The van der Waals surface area contributed by atoms with Gasteiger partial charge in [0.05, 0.1) is 18.1 Å². The quantitative estimate of drug-likeness (QED) is 0.178. The number of nitrogens with zero attached hydrogens (tertiary/aromatic N) is 4. The van der Waals surface area contributed by atoms with E-state index in [9.17, 15) is 0 Å². The van der Waals surface area contributed by atoms with Crippen LogP contribution in [-0.2, 0) is 6.54 Å². The standard InChI is InChI=1S/C38H38Cl2N6/c1-26-6-2-3-7-31(26)32-18-19-41-24-35(32)43-38-33-8-4-5-9-34(33)42-36(44-38)25-45-20-22-46(23-21-45)37(27-10-14-29(39)15-11-27)28-12-16-30(40)17-13-28/h2-17,37,41H,18-25H2,1H3,(H,42,43,44). The van der Waals surface area contributed by atoms with Crippen LogP contribution in [0.3, 0.4) is 0 Å². The molecule has 3 heterocycles. The molecule has 0 atom stereocenters. The van der Waals surface area contributed by atoms with E-state index >= 15 is 0 Å². The monoisotopic (exact) mass is 648 g/mol. The summed E-state index contributed by atoms with van der Waals surface area (Å²) in [5, 5.41) is 9.84. The Kier molecular flexibility index (Phi) is 9.33. The third-order valence-electron chi connectivity index (χ3n) is 9.12. The summed E-state index contributed by atoms with van der Waals surface area (Å²) in [6.07, 6.45) is 0.973. The molecule has 2 N–H and O–H groups in total. The first kappa shape index (κ1) is 30.9. The van der Waals surface area contributed by atoms with E-state index in [-0.39, 0.29) is 6.04 Å². The van der Waals surface area contributed by atoms with E-state index in [0.29, 0.717) is 6.54 Å². The zero-order chi connectivity index (χ0) is 31.5. The number of nitrogens with one attached hydrogen (secondary N) is 2. The third-order valence-corrected chi connectivity index (χ3v) is 9.62. The molecule has 0 spiro atoms. The van der Waals surface area contributed by atoms with E-state index in [2.05, 4.69) is 100 Å². The van der Waals surface area contributed by atoms with Gasteiger partial charge in [-0.05, 0) is 84.1 Å². The SMILES string of the molecule is Cc1ccccc1C1=C(Nc2nc(CN3CCN(C(c4ccc(Cl)cc4)c4ccc(Cl)cc4)CC3)nc3ccccc23)CNCC1. The minimum atomic E-state index is 0.129. The van der Waals surface area contributed by atoms with Crippen LogP contribution in [0.1, 0.15) is 40.5 Å². The molecule has 234 valence electrons. The number of benzene rings is 4. The molecule has 0 amide bonds. The topological polar surface area (TPSA) is 56.3 Å². The summed E-state index contributed by atoms with van der Waals surface area (Å²) in [4.78, 5) is 15.2. The second-order valence-electron chi connectivity index (χ2n) is 12.1. The molecule has 0 saturated carbocycles. The second-order valence-corrected chi connectivity index (χ2v) is 13.0. The number of aromatic nitrogens is 2. The summed E-state index contributed by atoms with van der Waals surface area (Å²) in [5.74, 6) is 1.71. The van der Waals surface area contributed by atoms with Crippen molar-refractivity contribution in [3.8, 4) is 0 Å². The predicted molar refractivity (Wildman–Crippen MR) is 190 cm³/mol. The minimum absolute atomic E-state index is 0.129. The highest BCUT2D eigenvalue weighted by Gasteiger charge is 2.27. The number of para-hydroxylation sites is 1. The van der Waals surface area contributed by atoms with E-state index in [0.717, 1.165) is 78.3 Å². The number of rotatable bonds is 8. The number of halogens is 2. The Morgan fingerprint density at radius 1 is 0.783 bits per heavy atom. The lowest BCUT2D eigenvalue weighted by Gasteiger charge is -2.39. The van der Waals surface area contributed by atoms with E-state index in [1.165, 1.54) is 33.5 Å². The van der Waals surface area contributed by atoms with E-state index in [1.54, 1.807) is 0 Å². The van der Waals surface area contributed by atoms with E-state index < -0.39 is 0 Å². The minimum Gasteiger partial charge on any atom is -0.342 e. The molecule has 2 aliphatic rings. The highest BCUT2D eigenvalue weighted by atomic mass is 35.5. The summed E-state index contributed by atoms with van der Waals surface area (Å²) in [7, 11) is 0. The maximum absolute atomic E-state index is 6.25. The van der Waals surface area contributed by atoms with Gasteiger partial charge in [0.1, 0.15) is 11.6 Å². The molecule has 6 nitrogen and oxygen atoms in total. The largest absolute Gasteiger partial charge is 0.342 e. The highest BCUT2D eigenvalue weighted by Crippen LogP contribution is 2.33. The van der Waals surface area contributed by atoms with Gasteiger partial charge in [0, 0.05) is 53.9 Å². The van der Waals surface area contributed by atoms with Crippen LogP contribution < -0.4 is 10.6 Å². The number of aryl methyl sites for hydroxylation is 1. The summed E-state index contributed by atoms with van der Waals surface area (Å²) in [6.45, 7) is 8.32.